The monoisotopic (exact) mass is 287 g/mol. The first kappa shape index (κ1) is 13.9. The Kier molecular flexibility index (Phi) is 3.53. The molecule has 3 rings (SSSR count). The maximum Gasteiger partial charge on any atom is 0.221 e. The van der Waals surface area contributed by atoms with Gasteiger partial charge in [0.2, 0.25) is 5.88 Å². The SMILES string of the molecule is COc1nc(C)nc(N2CCC[C@@H]2c2cnn(C)c2)c1C. The van der Waals surface area contributed by atoms with Crippen LogP contribution in [0.25, 0.3) is 0 Å². The fraction of sp³-hybridized carbons (Fsp3) is 0.533. The molecule has 1 fully saturated rings. The summed E-state index contributed by atoms with van der Waals surface area (Å²) in [5.74, 6) is 2.38. The van der Waals surface area contributed by atoms with Gasteiger partial charge in [-0.05, 0) is 26.7 Å². The number of hydrogen-bond donors (Lipinski definition) is 0. The van der Waals surface area contributed by atoms with Crippen molar-refractivity contribution in [2.45, 2.75) is 32.7 Å². The van der Waals surface area contributed by atoms with Crippen LogP contribution in [-0.2, 0) is 7.05 Å². The second-order valence-corrected chi connectivity index (χ2v) is 5.53. The average molecular weight is 287 g/mol. The van der Waals surface area contributed by atoms with Gasteiger partial charge in [-0.2, -0.15) is 10.1 Å². The molecular weight excluding hydrogens is 266 g/mol. The third-order valence-electron chi connectivity index (χ3n) is 4.02. The Bertz CT molecular complexity index is 652. The number of methoxy groups -OCH3 is 1. The lowest BCUT2D eigenvalue weighted by atomic mass is 10.1. The van der Waals surface area contributed by atoms with Crippen LogP contribution in [0.4, 0.5) is 5.82 Å². The highest BCUT2D eigenvalue weighted by Crippen LogP contribution is 2.38. The van der Waals surface area contributed by atoms with E-state index in [4.69, 9.17) is 4.74 Å². The van der Waals surface area contributed by atoms with E-state index < -0.39 is 0 Å². The van der Waals surface area contributed by atoms with Crippen molar-refractivity contribution in [2.75, 3.05) is 18.6 Å². The van der Waals surface area contributed by atoms with Crippen LogP contribution in [0.1, 0.15) is 35.8 Å². The molecule has 1 atom stereocenters. The van der Waals surface area contributed by atoms with Gasteiger partial charge in [-0.3, -0.25) is 4.68 Å². The van der Waals surface area contributed by atoms with E-state index in [2.05, 4.69) is 26.2 Å². The number of nitrogens with zero attached hydrogens (tertiary/aromatic N) is 5. The van der Waals surface area contributed by atoms with Crippen LogP contribution < -0.4 is 9.64 Å². The molecule has 0 aromatic carbocycles. The van der Waals surface area contributed by atoms with Crippen LogP contribution in [0.15, 0.2) is 12.4 Å². The number of aryl methyl sites for hydroxylation is 2. The van der Waals surface area contributed by atoms with Gasteiger partial charge in [0.15, 0.2) is 0 Å². The molecule has 21 heavy (non-hydrogen) atoms. The van der Waals surface area contributed by atoms with E-state index >= 15 is 0 Å². The van der Waals surface area contributed by atoms with Crippen LogP contribution >= 0.6 is 0 Å². The summed E-state index contributed by atoms with van der Waals surface area (Å²) in [6, 6.07) is 0.330. The largest absolute Gasteiger partial charge is 0.481 e. The third kappa shape index (κ3) is 2.46. The lowest BCUT2D eigenvalue weighted by Gasteiger charge is -2.27. The first-order chi connectivity index (χ1) is 10.1. The standard InChI is InChI=1S/C15H21N5O/c1-10-14(17-11(2)18-15(10)21-4)20-7-5-6-13(20)12-8-16-19(3)9-12/h8-9,13H,5-7H2,1-4H3/t13-/m1/s1. The Labute approximate surface area is 124 Å². The number of ether oxygens (including phenoxy) is 1. The van der Waals surface area contributed by atoms with Crippen LogP contribution in [-0.4, -0.2) is 33.4 Å². The molecule has 0 aliphatic carbocycles. The highest BCUT2D eigenvalue weighted by atomic mass is 16.5. The predicted octanol–water partition coefficient (Wildman–Crippen LogP) is 2.18. The smallest absolute Gasteiger partial charge is 0.221 e. The molecule has 0 radical (unpaired) electrons. The molecule has 6 nitrogen and oxygen atoms in total. The predicted molar refractivity (Wildman–Crippen MR) is 80.6 cm³/mol. The fourth-order valence-electron chi connectivity index (χ4n) is 3.05. The molecule has 112 valence electrons. The van der Waals surface area contributed by atoms with Gasteiger partial charge in [-0.15, -0.1) is 0 Å². The number of aromatic nitrogens is 4. The maximum absolute atomic E-state index is 5.38. The third-order valence-corrected chi connectivity index (χ3v) is 4.02. The topological polar surface area (TPSA) is 56.1 Å². The van der Waals surface area contributed by atoms with Gasteiger partial charge in [-0.25, -0.2) is 4.98 Å². The van der Waals surface area contributed by atoms with Crippen LogP contribution in [0.3, 0.4) is 0 Å². The summed E-state index contributed by atoms with van der Waals surface area (Å²) in [7, 11) is 3.60. The Hall–Kier alpha value is -2.11. The van der Waals surface area contributed by atoms with Crippen LogP contribution in [0.2, 0.25) is 0 Å². The zero-order chi connectivity index (χ0) is 15.0. The molecule has 0 N–H and O–H groups in total. The summed E-state index contributed by atoms with van der Waals surface area (Å²) >= 11 is 0. The highest BCUT2D eigenvalue weighted by molar-refractivity contribution is 5.53. The summed E-state index contributed by atoms with van der Waals surface area (Å²) in [6.45, 7) is 4.92. The lowest BCUT2D eigenvalue weighted by Crippen LogP contribution is -2.25. The lowest BCUT2D eigenvalue weighted by molar-refractivity contribution is 0.392. The minimum absolute atomic E-state index is 0.330. The van der Waals surface area contributed by atoms with Gasteiger partial charge in [0.25, 0.3) is 0 Å². The van der Waals surface area contributed by atoms with Crippen molar-refractivity contribution in [1.82, 2.24) is 19.7 Å². The Morgan fingerprint density at radius 1 is 1.29 bits per heavy atom. The second-order valence-electron chi connectivity index (χ2n) is 5.53. The van der Waals surface area contributed by atoms with Crippen molar-refractivity contribution >= 4 is 5.82 Å². The molecule has 3 heterocycles. The van der Waals surface area contributed by atoms with Crippen molar-refractivity contribution in [3.05, 3.63) is 29.3 Å². The zero-order valence-electron chi connectivity index (χ0n) is 13.0. The quantitative estimate of drug-likeness (QED) is 0.866. The van der Waals surface area contributed by atoms with Crippen molar-refractivity contribution in [1.29, 1.82) is 0 Å². The maximum atomic E-state index is 5.38. The Morgan fingerprint density at radius 3 is 2.76 bits per heavy atom. The second kappa shape index (κ2) is 5.35. The summed E-state index contributed by atoms with van der Waals surface area (Å²) in [5.41, 5.74) is 2.24. The van der Waals surface area contributed by atoms with Crippen molar-refractivity contribution in [3.8, 4) is 5.88 Å². The number of anilines is 1. The Morgan fingerprint density at radius 2 is 2.10 bits per heavy atom. The van der Waals surface area contributed by atoms with Gasteiger partial charge in [0.05, 0.1) is 24.9 Å². The van der Waals surface area contributed by atoms with E-state index in [0.717, 1.165) is 36.6 Å². The minimum Gasteiger partial charge on any atom is -0.481 e. The number of rotatable bonds is 3. The molecule has 0 spiro atoms. The molecule has 1 aliphatic heterocycles. The zero-order valence-corrected chi connectivity index (χ0v) is 13.0. The molecule has 0 bridgehead atoms. The van der Waals surface area contributed by atoms with Crippen molar-refractivity contribution < 1.29 is 4.74 Å². The van der Waals surface area contributed by atoms with Gasteiger partial charge in [0, 0.05) is 25.4 Å². The van der Waals surface area contributed by atoms with E-state index in [0.29, 0.717) is 11.9 Å². The first-order valence-corrected chi connectivity index (χ1v) is 7.24. The van der Waals surface area contributed by atoms with Crippen molar-refractivity contribution in [2.24, 2.45) is 7.05 Å². The van der Waals surface area contributed by atoms with Crippen LogP contribution in [0, 0.1) is 13.8 Å². The van der Waals surface area contributed by atoms with E-state index in [-0.39, 0.29) is 0 Å². The van der Waals surface area contributed by atoms with Gasteiger partial charge in [0.1, 0.15) is 11.6 Å². The van der Waals surface area contributed by atoms with E-state index in [1.807, 2.05) is 31.8 Å². The first-order valence-electron chi connectivity index (χ1n) is 7.24. The van der Waals surface area contributed by atoms with E-state index in [1.165, 1.54) is 5.56 Å². The molecule has 0 saturated carbocycles. The van der Waals surface area contributed by atoms with Crippen molar-refractivity contribution in [3.63, 3.8) is 0 Å². The molecule has 2 aromatic rings. The number of hydrogen-bond acceptors (Lipinski definition) is 5. The summed E-state index contributed by atoms with van der Waals surface area (Å²) in [5, 5.41) is 4.30. The van der Waals surface area contributed by atoms with Gasteiger partial charge >= 0.3 is 0 Å². The van der Waals surface area contributed by atoms with Gasteiger partial charge in [-0.1, -0.05) is 0 Å². The van der Waals surface area contributed by atoms with Crippen LogP contribution in [0.5, 0.6) is 5.88 Å². The molecule has 6 heteroatoms. The summed E-state index contributed by atoms with van der Waals surface area (Å²) in [6.07, 6.45) is 6.31. The average Bonchev–Trinajstić information content (AvgIpc) is 3.09. The van der Waals surface area contributed by atoms with Gasteiger partial charge < -0.3 is 9.64 Å². The Balaban J connectivity index is 2.01. The molecular formula is C15H21N5O. The normalized spacial score (nSPS) is 18.3. The highest BCUT2D eigenvalue weighted by Gasteiger charge is 2.30. The summed E-state index contributed by atoms with van der Waals surface area (Å²) < 4.78 is 7.23. The molecule has 0 amide bonds. The molecule has 1 aliphatic rings. The molecule has 2 aromatic heterocycles. The molecule has 1 saturated heterocycles. The molecule has 0 unspecified atom stereocenters. The summed E-state index contributed by atoms with van der Waals surface area (Å²) in [4.78, 5) is 11.4. The fourth-order valence-corrected chi connectivity index (χ4v) is 3.05. The van der Waals surface area contributed by atoms with E-state index in [9.17, 15) is 0 Å². The van der Waals surface area contributed by atoms with E-state index in [1.54, 1.807) is 7.11 Å². The minimum atomic E-state index is 0.330.